The van der Waals surface area contributed by atoms with Gasteiger partial charge in [-0.25, -0.2) is 0 Å². The molecule has 9 heteroatoms. The van der Waals surface area contributed by atoms with Crippen molar-refractivity contribution >= 4 is 36.7 Å². The lowest BCUT2D eigenvalue weighted by molar-refractivity contribution is 0.0939. The summed E-state index contributed by atoms with van der Waals surface area (Å²) in [4.78, 5) is 31.1. The van der Waals surface area contributed by atoms with Crippen LogP contribution in [0.3, 0.4) is 0 Å². The second-order valence-electron chi connectivity index (χ2n) is 5.58. The molecule has 0 aliphatic carbocycles. The second-order valence-corrected chi connectivity index (χ2v) is 8.19. The summed E-state index contributed by atoms with van der Waals surface area (Å²) in [5.74, 6) is -1.75. The zero-order valence-corrected chi connectivity index (χ0v) is 15.7. The smallest absolute Gasteiger partial charge is 0.347 e. The Morgan fingerprint density at radius 2 is 1.92 bits per heavy atom. The van der Waals surface area contributed by atoms with E-state index in [0.717, 1.165) is 0 Å². The van der Waals surface area contributed by atoms with E-state index in [9.17, 15) is 19.1 Å². The second kappa shape index (κ2) is 8.88. The number of halogens is 2. The molecule has 24 heavy (non-hydrogen) atoms. The SMILES string of the molecule is C=CCOc1c(Cl)cc(C(=O)N[C@@H](CC(C)C)P(=O)(O)O)cc1Cl. The van der Waals surface area contributed by atoms with Crippen LogP contribution in [0.1, 0.15) is 30.6 Å². The molecule has 0 saturated heterocycles. The van der Waals surface area contributed by atoms with Crippen LogP contribution in [0.25, 0.3) is 0 Å². The summed E-state index contributed by atoms with van der Waals surface area (Å²) in [5, 5.41) is 2.58. The van der Waals surface area contributed by atoms with Crippen molar-refractivity contribution in [3.8, 4) is 5.75 Å². The molecule has 0 unspecified atom stereocenters. The van der Waals surface area contributed by atoms with Crippen molar-refractivity contribution in [2.24, 2.45) is 5.92 Å². The molecule has 0 aliphatic rings. The predicted molar refractivity (Wildman–Crippen MR) is 94.9 cm³/mol. The third kappa shape index (κ3) is 6.11. The van der Waals surface area contributed by atoms with Gasteiger partial charge < -0.3 is 19.8 Å². The van der Waals surface area contributed by atoms with E-state index in [-0.39, 0.29) is 40.3 Å². The Morgan fingerprint density at radius 1 is 1.38 bits per heavy atom. The van der Waals surface area contributed by atoms with Gasteiger partial charge in [0.2, 0.25) is 0 Å². The topological polar surface area (TPSA) is 95.9 Å². The van der Waals surface area contributed by atoms with Crippen LogP contribution in [0.4, 0.5) is 0 Å². The average molecular weight is 396 g/mol. The van der Waals surface area contributed by atoms with Gasteiger partial charge in [-0.1, -0.05) is 49.7 Å². The number of carbonyl (C=O) groups excluding carboxylic acids is 1. The van der Waals surface area contributed by atoms with E-state index < -0.39 is 19.3 Å². The van der Waals surface area contributed by atoms with Gasteiger partial charge in [-0.15, -0.1) is 0 Å². The maximum atomic E-state index is 12.3. The summed E-state index contributed by atoms with van der Waals surface area (Å²) in [6, 6.07) is 2.65. The van der Waals surface area contributed by atoms with Crippen LogP contribution in [-0.2, 0) is 4.57 Å². The van der Waals surface area contributed by atoms with E-state index >= 15 is 0 Å². The Morgan fingerprint density at radius 3 is 2.33 bits per heavy atom. The zero-order chi connectivity index (χ0) is 18.5. The third-order valence-electron chi connectivity index (χ3n) is 3.00. The molecule has 1 atom stereocenters. The molecule has 0 aliphatic heterocycles. The molecule has 0 heterocycles. The van der Waals surface area contributed by atoms with Gasteiger partial charge in [-0.2, -0.15) is 0 Å². The quantitative estimate of drug-likeness (QED) is 0.459. The summed E-state index contributed by atoms with van der Waals surface area (Å²) in [5.41, 5.74) is 0.0816. The van der Waals surface area contributed by atoms with E-state index in [4.69, 9.17) is 27.9 Å². The van der Waals surface area contributed by atoms with Crippen molar-refractivity contribution in [1.29, 1.82) is 0 Å². The molecule has 1 amide bonds. The molecule has 1 rings (SSSR count). The Balaban J connectivity index is 3.02. The number of ether oxygens (including phenoxy) is 1. The summed E-state index contributed by atoms with van der Waals surface area (Å²) < 4.78 is 16.8. The number of rotatable bonds is 8. The molecule has 6 nitrogen and oxygen atoms in total. The minimum absolute atomic E-state index is 0.00946. The first kappa shape index (κ1) is 21.0. The highest BCUT2D eigenvalue weighted by atomic mass is 35.5. The van der Waals surface area contributed by atoms with E-state index in [0.29, 0.717) is 0 Å². The number of amides is 1. The van der Waals surface area contributed by atoms with Crippen molar-refractivity contribution in [3.05, 3.63) is 40.4 Å². The fourth-order valence-corrected chi connectivity index (χ4v) is 3.51. The molecule has 0 spiro atoms. The molecular weight excluding hydrogens is 376 g/mol. The van der Waals surface area contributed by atoms with Crippen molar-refractivity contribution in [3.63, 3.8) is 0 Å². The number of hydrogen-bond donors (Lipinski definition) is 3. The number of benzene rings is 1. The van der Waals surface area contributed by atoms with Crippen molar-refractivity contribution < 1.29 is 23.9 Å². The van der Waals surface area contributed by atoms with Crippen LogP contribution in [0.2, 0.25) is 10.0 Å². The first-order valence-corrected chi connectivity index (χ1v) is 9.58. The third-order valence-corrected chi connectivity index (χ3v) is 4.72. The summed E-state index contributed by atoms with van der Waals surface area (Å²) in [7, 11) is -4.49. The maximum Gasteiger partial charge on any atom is 0.347 e. The number of nitrogens with one attached hydrogen (secondary N) is 1. The molecule has 0 radical (unpaired) electrons. The average Bonchev–Trinajstić information content (AvgIpc) is 2.44. The van der Waals surface area contributed by atoms with Crippen LogP contribution in [0, 0.1) is 5.92 Å². The normalized spacial score (nSPS) is 12.8. The molecule has 3 N–H and O–H groups in total. The van der Waals surface area contributed by atoms with E-state index in [1.807, 2.05) is 0 Å². The molecule has 0 saturated carbocycles. The first-order chi connectivity index (χ1) is 11.1. The lowest BCUT2D eigenvalue weighted by atomic mass is 10.1. The van der Waals surface area contributed by atoms with Crippen LogP contribution >= 0.6 is 30.8 Å². The van der Waals surface area contributed by atoms with Gasteiger partial charge in [0.15, 0.2) is 5.75 Å². The molecule has 1 aromatic rings. The summed E-state index contributed by atoms with van der Waals surface area (Å²) in [6.45, 7) is 7.30. The van der Waals surface area contributed by atoms with Gasteiger partial charge >= 0.3 is 7.60 Å². The highest BCUT2D eigenvalue weighted by Crippen LogP contribution is 2.43. The molecule has 0 fully saturated rings. The predicted octanol–water partition coefficient (Wildman–Crippen LogP) is 3.84. The van der Waals surface area contributed by atoms with Crippen LogP contribution in [0.5, 0.6) is 5.75 Å². The van der Waals surface area contributed by atoms with Crippen molar-refractivity contribution in [2.75, 3.05) is 6.61 Å². The molecule has 0 aromatic heterocycles. The lowest BCUT2D eigenvalue weighted by Gasteiger charge is -2.22. The van der Waals surface area contributed by atoms with Crippen LogP contribution < -0.4 is 10.1 Å². The summed E-state index contributed by atoms with van der Waals surface area (Å²) in [6.07, 6.45) is 1.65. The van der Waals surface area contributed by atoms with Gasteiger partial charge in [-0.3, -0.25) is 9.36 Å². The monoisotopic (exact) mass is 395 g/mol. The largest absolute Gasteiger partial charge is 0.486 e. The van der Waals surface area contributed by atoms with Gasteiger partial charge in [0.05, 0.1) is 10.0 Å². The number of hydrogen-bond acceptors (Lipinski definition) is 3. The fraction of sp³-hybridized carbons (Fsp3) is 0.400. The Labute approximate surface area is 151 Å². The minimum Gasteiger partial charge on any atom is -0.486 e. The number of carbonyl (C=O) groups is 1. The van der Waals surface area contributed by atoms with Crippen molar-refractivity contribution in [2.45, 2.75) is 26.1 Å². The molecule has 134 valence electrons. The first-order valence-electron chi connectivity index (χ1n) is 7.15. The van der Waals surface area contributed by atoms with Crippen LogP contribution in [0.15, 0.2) is 24.8 Å². The zero-order valence-electron chi connectivity index (χ0n) is 13.3. The van der Waals surface area contributed by atoms with Gasteiger partial charge in [0.1, 0.15) is 12.4 Å². The minimum atomic E-state index is -4.49. The van der Waals surface area contributed by atoms with E-state index in [1.54, 1.807) is 13.8 Å². The maximum absolute atomic E-state index is 12.3. The Bertz CT molecular complexity index is 636. The highest BCUT2D eigenvalue weighted by Gasteiger charge is 2.31. The molecular formula is C15H20Cl2NO5P. The van der Waals surface area contributed by atoms with Gasteiger partial charge in [0, 0.05) is 5.56 Å². The fourth-order valence-electron chi connectivity index (χ4n) is 1.93. The summed E-state index contributed by atoms with van der Waals surface area (Å²) >= 11 is 12.1. The van der Waals surface area contributed by atoms with Crippen LogP contribution in [-0.4, -0.2) is 28.1 Å². The molecule has 1 aromatic carbocycles. The van der Waals surface area contributed by atoms with Gasteiger partial charge in [0.25, 0.3) is 5.91 Å². The highest BCUT2D eigenvalue weighted by molar-refractivity contribution is 7.52. The van der Waals surface area contributed by atoms with E-state index in [1.165, 1.54) is 18.2 Å². The van der Waals surface area contributed by atoms with E-state index in [2.05, 4.69) is 11.9 Å². The lowest BCUT2D eigenvalue weighted by Crippen LogP contribution is -2.35. The Kier molecular flexibility index (Phi) is 7.77. The Hall–Kier alpha value is -1.04. The molecule has 0 bridgehead atoms. The van der Waals surface area contributed by atoms with Crippen molar-refractivity contribution in [1.82, 2.24) is 5.32 Å². The standard InChI is InChI=1S/C15H20Cl2NO5P/c1-4-5-23-14-11(16)7-10(8-12(14)17)15(19)18-13(6-9(2)3)24(20,21)22/h4,7-9,13H,1,5-6H2,2-3H3,(H,18,19)(H2,20,21,22)/t13-/m1/s1. The van der Waals surface area contributed by atoms with Gasteiger partial charge in [-0.05, 0) is 24.5 Å².